The van der Waals surface area contributed by atoms with Gasteiger partial charge in [0.25, 0.3) is 0 Å². The SMILES string of the molecule is CCC1(CN=C2NC3(CCC(C)CC3)CS2)CC1. The molecule has 2 saturated carbocycles. The molecule has 3 fully saturated rings. The number of aliphatic imine (C=N–C) groups is 1. The first-order valence-corrected chi connectivity index (χ1v) is 8.59. The van der Waals surface area contributed by atoms with Crippen LogP contribution in [0.3, 0.4) is 0 Å². The summed E-state index contributed by atoms with van der Waals surface area (Å²) in [4.78, 5) is 4.87. The van der Waals surface area contributed by atoms with E-state index in [1.807, 2.05) is 11.8 Å². The van der Waals surface area contributed by atoms with E-state index in [1.54, 1.807) is 0 Å². The predicted octanol–water partition coefficient (Wildman–Crippen LogP) is 3.82. The fourth-order valence-corrected chi connectivity index (χ4v) is 4.43. The molecule has 3 aliphatic rings. The lowest BCUT2D eigenvalue weighted by Gasteiger charge is -2.35. The van der Waals surface area contributed by atoms with Crippen LogP contribution in [0.15, 0.2) is 4.99 Å². The van der Waals surface area contributed by atoms with Crippen molar-refractivity contribution in [3.63, 3.8) is 0 Å². The van der Waals surface area contributed by atoms with Crippen molar-refractivity contribution < 1.29 is 0 Å². The highest BCUT2D eigenvalue weighted by Gasteiger charge is 2.42. The number of nitrogens with one attached hydrogen (secondary N) is 1. The maximum atomic E-state index is 4.87. The molecule has 2 aliphatic carbocycles. The molecule has 0 unspecified atom stereocenters. The van der Waals surface area contributed by atoms with Gasteiger partial charge in [0.05, 0.1) is 0 Å². The Morgan fingerprint density at radius 1 is 1.28 bits per heavy atom. The Bertz CT molecular complexity index is 338. The van der Waals surface area contributed by atoms with Crippen LogP contribution in [0.4, 0.5) is 0 Å². The van der Waals surface area contributed by atoms with E-state index < -0.39 is 0 Å². The van der Waals surface area contributed by atoms with Gasteiger partial charge in [-0.15, -0.1) is 0 Å². The van der Waals surface area contributed by atoms with Gasteiger partial charge >= 0.3 is 0 Å². The molecule has 0 bridgehead atoms. The monoisotopic (exact) mass is 266 g/mol. The van der Waals surface area contributed by atoms with E-state index in [0.29, 0.717) is 11.0 Å². The molecule has 1 spiro atoms. The molecule has 1 heterocycles. The Labute approximate surface area is 115 Å². The summed E-state index contributed by atoms with van der Waals surface area (Å²) in [5.41, 5.74) is 0.991. The van der Waals surface area contributed by atoms with Crippen LogP contribution in [0, 0.1) is 11.3 Å². The van der Waals surface area contributed by atoms with Gasteiger partial charge in [0, 0.05) is 17.8 Å². The van der Waals surface area contributed by atoms with Crippen molar-refractivity contribution in [3.05, 3.63) is 0 Å². The second-order valence-corrected chi connectivity index (χ2v) is 7.82. The van der Waals surface area contributed by atoms with Crippen molar-refractivity contribution in [1.29, 1.82) is 0 Å². The first kappa shape index (κ1) is 12.8. The fourth-order valence-electron chi connectivity index (χ4n) is 3.21. The van der Waals surface area contributed by atoms with E-state index in [0.717, 1.165) is 12.5 Å². The van der Waals surface area contributed by atoms with E-state index in [-0.39, 0.29) is 0 Å². The highest BCUT2D eigenvalue weighted by molar-refractivity contribution is 8.14. The average Bonchev–Trinajstić information content (AvgIpc) is 3.08. The second-order valence-electron chi connectivity index (χ2n) is 6.85. The third-order valence-electron chi connectivity index (χ3n) is 5.35. The minimum Gasteiger partial charge on any atom is -0.359 e. The molecule has 0 amide bonds. The molecular weight excluding hydrogens is 240 g/mol. The summed E-state index contributed by atoms with van der Waals surface area (Å²) >= 11 is 1.97. The first-order valence-electron chi connectivity index (χ1n) is 7.61. The molecule has 1 aliphatic heterocycles. The summed E-state index contributed by atoms with van der Waals surface area (Å²) < 4.78 is 0. The summed E-state index contributed by atoms with van der Waals surface area (Å²) in [6, 6.07) is 0. The van der Waals surface area contributed by atoms with Crippen molar-refractivity contribution in [2.45, 2.75) is 64.3 Å². The molecule has 18 heavy (non-hydrogen) atoms. The highest BCUT2D eigenvalue weighted by atomic mass is 32.2. The molecule has 3 heteroatoms. The predicted molar refractivity (Wildman–Crippen MR) is 80.2 cm³/mol. The lowest BCUT2D eigenvalue weighted by atomic mass is 9.78. The maximum absolute atomic E-state index is 4.87. The standard InChI is InChI=1S/C15H26N2S/c1-3-14(8-9-14)10-16-13-17-15(11-18-13)6-4-12(2)5-7-15/h12H,3-11H2,1-2H3,(H,16,17). The number of rotatable bonds is 3. The summed E-state index contributed by atoms with van der Waals surface area (Å²) in [6.07, 6.45) is 9.57. The molecule has 2 nitrogen and oxygen atoms in total. The summed E-state index contributed by atoms with van der Waals surface area (Å²) in [6.45, 7) is 5.76. The Balaban J connectivity index is 1.56. The lowest BCUT2D eigenvalue weighted by Crippen LogP contribution is -2.46. The largest absolute Gasteiger partial charge is 0.359 e. The van der Waals surface area contributed by atoms with E-state index in [1.165, 1.54) is 55.9 Å². The lowest BCUT2D eigenvalue weighted by molar-refractivity contribution is 0.250. The normalized spacial score (nSPS) is 40.1. The molecular formula is C15H26N2S. The number of hydrogen-bond acceptors (Lipinski definition) is 2. The van der Waals surface area contributed by atoms with Crippen LogP contribution in [0.2, 0.25) is 0 Å². The van der Waals surface area contributed by atoms with Gasteiger partial charge in [0.15, 0.2) is 5.17 Å². The summed E-state index contributed by atoms with van der Waals surface area (Å²) in [5, 5.41) is 5.00. The molecule has 1 N–H and O–H groups in total. The Morgan fingerprint density at radius 2 is 2.00 bits per heavy atom. The minimum absolute atomic E-state index is 0.402. The zero-order chi connectivity index (χ0) is 12.6. The first-order chi connectivity index (χ1) is 8.65. The van der Waals surface area contributed by atoms with E-state index in [9.17, 15) is 0 Å². The molecule has 0 aromatic rings. The Morgan fingerprint density at radius 3 is 2.61 bits per heavy atom. The quantitative estimate of drug-likeness (QED) is 0.840. The van der Waals surface area contributed by atoms with Crippen LogP contribution in [-0.4, -0.2) is 23.0 Å². The van der Waals surface area contributed by atoms with Crippen molar-refractivity contribution in [1.82, 2.24) is 5.32 Å². The van der Waals surface area contributed by atoms with Crippen molar-refractivity contribution in [2.24, 2.45) is 16.3 Å². The third-order valence-corrected chi connectivity index (χ3v) is 6.56. The number of hydrogen-bond donors (Lipinski definition) is 1. The van der Waals surface area contributed by atoms with E-state index >= 15 is 0 Å². The van der Waals surface area contributed by atoms with Crippen molar-refractivity contribution in [2.75, 3.05) is 12.3 Å². The van der Waals surface area contributed by atoms with E-state index in [2.05, 4.69) is 19.2 Å². The minimum atomic E-state index is 0.402. The van der Waals surface area contributed by atoms with Gasteiger partial charge in [-0.3, -0.25) is 4.99 Å². The van der Waals surface area contributed by atoms with Crippen molar-refractivity contribution >= 4 is 16.9 Å². The third kappa shape index (κ3) is 2.56. The highest BCUT2D eigenvalue weighted by Crippen LogP contribution is 2.49. The van der Waals surface area contributed by atoms with Crippen LogP contribution in [-0.2, 0) is 0 Å². The van der Waals surface area contributed by atoms with Crippen molar-refractivity contribution in [3.8, 4) is 0 Å². The molecule has 102 valence electrons. The fraction of sp³-hybridized carbons (Fsp3) is 0.933. The van der Waals surface area contributed by atoms with Crippen LogP contribution < -0.4 is 5.32 Å². The van der Waals surface area contributed by atoms with Gasteiger partial charge in [-0.05, 0) is 56.3 Å². The molecule has 0 atom stereocenters. The van der Waals surface area contributed by atoms with Crippen LogP contribution in [0.25, 0.3) is 0 Å². The summed E-state index contributed by atoms with van der Waals surface area (Å²) in [5.74, 6) is 2.18. The maximum Gasteiger partial charge on any atom is 0.157 e. The molecule has 0 aromatic carbocycles. The Hall–Kier alpha value is -0.180. The van der Waals surface area contributed by atoms with Crippen LogP contribution in [0.1, 0.15) is 58.8 Å². The second kappa shape index (κ2) is 4.73. The number of amidine groups is 1. The zero-order valence-electron chi connectivity index (χ0n) is 11.8. The smallest absolute Gasteiger partial charge is 0.157 e. The van der Waals surface area contributed by atoms with Gasteiger partial charge in [-0.1, -0.05) is 25.6 Å². The van der Waals surface area contributed by atoms with Gasteiger partial charge in [0.1, 0.15) is 0 Å². The topological polar surface area (TPSA) is 24.4 Å². The van der Waals surface area contributed by atoms with Gasteiger partial charge in [-0.25, -0.2) is 0 Å². The van der Waals surface area contributed by atoms with Gasteiger partial charge in [0.2, 0.25) is 0 Å². The number of thioether (sulfide) groups is 1. The zero-order valence-corrected chi connectivity index (χ0v) is 12.6. The Kier molecular flexibility index (Phi) is 3.38. The van der Waals surface area contributed by atoms with Crippen LogP contribution >= 0.6 is 11.8 Å². The van der Waals surface area contributed by atoms with Crippen LogP contribution in [0.5, 0.6) is 0 Å². The molecule has 3 rings (SSSR count). The van der Waals surface area contributed by atoms with E-state index in [4.69, 9.17) is 4.99 Å². The van der Waals surface area contributed by atoms with Gasteiger partial charge < -0.3 is 5.32 Å². The molecule has 0 aromatic heterocycles. The van der Waals surface area contributed by atoms with Gasteiger partial charge in [-0.2, -0.15) is 0 Å². The average molecular weight is 266 g/mol. The molecule has 0 radical (unpaired) electrons. The summed E-state index contributed by atoms with van der Waals surface area (Å²) in [7, 11) is 0. The number of nitrogens with zero attached hydrogens (tertiary/aromatic N) is 1. The molecule has 1 saturated heterocycles.